The van der Waals surface area contributed by atoms with Crippen LogP contribution < -0.4 is 10.5 Å². The summed E-state index contributed by atoms with van der Waals surface area (Å²) >= 11 is 0. The summed E-state index contributed by atoms with van der Waals surface area (Å²) in [6.07, 6.45) is 8.75. The standard InChI is InChI=1S/C31H36N6O2/c1-17-10-22(11-17)37-28-23(12-21(14-26(28)39-2)31(38)36-16-20-7-8-24(36)27(20)32)34-30(37)25-13-19-4-3-9-33-29(19)35(25)15-18-5-6-18/h3-4,9,12-14,17-18,20,22,24,27H,5-8,10-11,15-16,32H2,1-2H3. The number of methoxy groups -OCH3 is 1. The van der Waals surface area contributed by atoms with E-state index in [-0.39, 0.29) is 18.0 Å². The summed E-state index contributed by atoms with van der Waals surface area (Å²) in [5.74, 6) is 3.50. The van der Waals surface area contributed by atoms with E-state index in [0.29, 0.717) is 35.1 Å². The summed E-state index contributed by atoms with van der Waals surface area (Å²) in [6.45, 7) is 4.02. The fourth-order valence-electron chi connectivity index (χ4n) is 7.54. The van der Waals surface area contributed by atoms with Crippen molar-refractivity contribution in [3.63, 3.8) is 0 Å². The van der Waals surface area contributed by atoms with Gasteiger partial charge in [-0.05, 0) is 86.6 Å². The van der Waals surface area contributed by atoms with Gasteiger partial charge in [0.05, 0.1) is 18.3 Å². The number of carbonyl (C=O) groups excluding carboxylic acids is 1. The van der Waals surface area contributed by atoms with Gasteiger partial charge in [-0.25, -0.2) is 9.97 Å². The predicted molar refractivity (Wildman–Crippen MR) is 151 cm³/mol. The van der Waals surface area contributed by atoms with Crippen molar-refractivity contribution in [2.75, 3.05) is 13.7 Å². The monoisotopic (exact) mass is 524 g/mol. The zero-order chi connectivity index (χ0) is 26.4. The van der Waals surface area contributed by atoms with Gasteiger partial charge in [0.1, 0.15) is 16.9 Å². The lowest BCUT2D eigenvalue weighted by atomic mass is 9.81. The molecule has 4 fully saturated rings. The fourth-order valence-corrected chi connectivity index (χ4v) is 7.54. The fraction of sp³-hybridized carbons (Fsp3) is 0.516. The molecule has 202 valence electrons. The minimum Gasteiger partial charge on any atom is -0.494 e. The molecule has 4 aliphatic rings. The van der Waals surface area contributed by atoms with Gasteiger partial charge in [0.15, 0.2) is 5.82 Å². The Morgan fingerprint density at radius 1 is 1.15 bits per heavy atom. The van der Waals surface area contributed by atoms with Crippen molar-refractivity contribution in [2.45, 2.75) is 70.1 Å². The van der Waals surface area contributed by atoms with Gasteiger partial charge in [0.2, 0.25) is 0 Å². The van der Waals surface area contributed by atoms with Crippen LogP contribution in [0.25, 0.3) is 33.6 Å². The highest BCUT2D eigenvalue weighted by Gasteiger charge is 2.47. The third kappa shape index (κ3) is 3.56. The number of rotatable bonds is 6. The molecule has 3 unspecified atom stereocenters. The zero-order valence-corrected chi connectivity index (χ0v) is 22.7. The number of hydrogen-bond donors (Lipinski definition) is 1. The molecule has 1 aliphatic heterocycles. The molecule has 2 bridgehead atoms. The number of ether oxygens (including phenoxy) is 1. The number of likely N-dealkylation sites (tertiary alicyclic amines) is 1. The minimum absolute atomic E-state index is 0.0401. The summed E-state index contributed by atoms with van der Waals surface area (Å²) in [5, 5.41) is 1.14. The van der Waals surface area contributed by atoms with Crippen LogP contribution in [0.4, 0.5) is 0 Å². The Morgan fingerprint density at radius 3 is 2.69 bits per heavy atom. The van der Waals surface area contributed by atoms with Crippen LogP contribution in [-0.4, -0.2) is 55.6 Å². The summed E-state index contributed by atoms with van der Waals surface area (Å²) in [6, 6.07) is 10.9. The smallest absolute Gasteiger partial charge is 0.254 e. The second-order valence-electron chi connectivity index (χ2n) is 12.5. The molecule has 3 atom stereocenters. The number of aromatic nitrogens is 4. The van der Waals surface area contributed by atoms with Gasteiger partial charge >= 0.3 is 0 Å². The van der Waals surface area contributed by atoms with Crippen molar-refractivity contribution in [1.82, 2.24) is 24.0 Å². The lowest BCUT2D eigenvalue weighted by Gasteiger charge is -2.35. The molecule has 4 heterocycles. The number of hydrogen-bond acceptors (Lipinski definition) is 5. The number of imidazole rings is 1. The second kappa shape index (κ2) is 8.55. The van der Waals surface area contributed by atoms with Crippen LogP contribution in [0.1, 0.15) is 61.8 Å². The third-order valence-corrected chi connectivity index (χ3v) is 9.87. The average Bonchev–Trinajstić information content (AvgIpc) is 3.27. The van der Waals surface area contributed by atoms with Crippen LogP contribution in [-0.2, 0) is 6.54 Å². The number of fused-ring (bicyclic) bond motifs is 4. The Kier molecular flexibility index (Phi) is 5.15. The number of amides is 1. The van der Waals surface area contributed by atoms with Gasteiger partial charge in [0.25, 0.3) is 5.91 Å². The van der Waals surface area contributed by atoms with Crippen molar-refractivity contribution in [1.29, 1.82) is 0 Å². The molecule has 0 radical (unpaired) electrons. The van der Waals surface area contributed by atoms with E-state index in [2.05, 4.69) is 28.2 Å². The van der Waals surface area contributed by atoms with Gasteiger partial charge in [0, 0.05) is 48.4 Å². The summed E-state index contributed by atoms with van der Waals surface area (Å²) in [5.41, 5.74) is 11.0. The van der Waals surface area contributed by atoms with E-state index < -0.39 is 0 Å². The Morgan fingerprint density at radius 2 is 2.00 bits per heavy atom. The molecule has 39 heavy (non-hydrogen) atoms. The largest absolute Gasteiger partial charge is 0.494 e. The molecule has 8 rings (SSSR count). The van der Waals surface area contributed by atoms with E-state index >= 15 is 0 Å². The average molecular weight is 525 g/mol. The van der Waals surface area contributed by atoms with Crippen molar-refractivity contribution in [3.8, 4) is 17.3 Å². The number of nitrogens with two attached hydrogens (primary N) is 1. The highest BCUT2D eigenvalue weighted by atomic mass is 16.5. The van der Waals surface area contributed by atoms with Gasteiger partial charge in [-0.1, -0.05) is 6.92 Å². The highest BCUT2D eigenvalue weighted by molar-refractivity contribution is 6.00. The number of nitrogens with zero attached hydrogens (tertiary/aromatic N) is 5. The van der Waals surface area contributed by atoms with Crippen molar-refractivity contribution in [2.24, 2.45) is 23.5 Å². The lowest BCUT2D eigenvalue weighted by molar-refractivity contribution is 0.0700. The Bertz CT molecular complexity index is 1610. The van der Waals surface area contributed by atoms with Crippen LogP contribution in [0, 0.1) is 17.8 Å². The van der Waals surface area contributed by atoms with Gasteiger partial charge in [-0.3, -0.25) is 4.79 Å². The quantitative estimate of drug-likeness (QED) is 0.383. The van der Waals surface area contributed by atoms with Crippen LogP contribution in [0.2, 0.25) is 0 Å². The van der Waals surface area contributed by atoms with Crippen molar-refractivity contribution >= 4 is 28.0 Å². The van der Waals surface area contributed by atoms with Gasteiger partial charge in [-0.2, -0.15) is 0 Å². The summed E-state index contributed by atoms with van der Waals surface area (Å²) in [7, 11) is 1.70. The Balaban J connectivity index is 1.30. The van der Waals surface area contributed by atoms with Crippen LogP contribution >= 0.6 is 0 Å². The number of piperidine rings is 1. The topological polar surface area (TPSA) is 91.2 Å². The molecular weight excluding hydrogens is 488 g/mol. The maximum atomic E-state index is 13.8. The van der Waals surface area contributed by atoms with Crippen molar-refractivity contribution in [3.05, 3.63) is 42.1 Å². The van der Waals surface area contributed by atoms with E-state index in [0.717, 1.165) is 72.4 Å². The maximum absolute atomic E-state index is 13.8. The molecule has 2 N–H and O–H groups in total. The third-order valence-electron chi connectivity index (χ3n) is 9.87. The lowest BCUT2D eigenvalue weighted by Crippen LogP contribution is -2.41. The van der Waals surface area contributed by atoms with E-state index in [1.54, 1.807) is 7.11 Å². The van der Waals surface area contributed by atoms with Crippen molar-refractivity contribution < 1.29 is 9.53 Å². The molecule has 1 aromatic carbocycles. The molecule has 0 spiro atoms. The molecule has 3 aliphatic carbocycles. The SMILES string of the molecule is COc1cc(C(=O)N2CC3CCC2C3N)cc2nc(-c3cc4cccnc4n3CC3CC3)n(C3CC(C)C3)c12. The summed E-state index contributed by atoms with van der Waals surface area (Å²) < 4.78 is 10.8. The first kappa shape index (κ1) is 23.5. The van der Waals surface area contributed by atoms with Crippen LogP contribution in [0.3, 0.4) is 0 Å². The molecule has 3 saturated carbocycles. The highest BCUT2D eigenvalue weighted by Crippen LogP contribution is 2.46. The van der Waals surface area contributed by atoms with Crippen LogP contribution in [0.15, 0.2) is 36.5 Å². The normalized spacial score (nSPS) is 28.0. The zero-order valence-electron chi connectivity index (χ0n) is 22.7. The molecule has 8 nitrogen and oxygen atoms in total. The molecule has 1 saturated heterocycles. The minimum atomic E-state index is 0.0401. The first-order valence-corrected chi connectivity index (χ1v) is 14.6. The maximum Gasteiger partial charge on any atom is 0.254 e. The van der Waals surface area contributed by atoms with E-state index in [1.165, 1.54) is 12.8 Å². The van der Waals surface area contributed by atoms with E-state index in [1.807, 2.05) is 29.3 Å². The number of benzene rings is 1. The summed E-state index contributed by atoms with van der Waals surface area (Å²) in [4.78, 5) is 25.8. The molecule has 4 aromatic rings. The van der Waals surface area contributed by atoms with Gasteiger partial charge in [-0.15, -0.1) is 0 Å². The second-order valence-corrected chi connectivity index (χ2v) is 12.5. The predicted octanol–water partition coefficient (Wildman–Crippen LogP) is 5.00. The van der Waals surface area contributed by atoms with E-state index in [4.69, 9.17) is 20.4 Å². The van der Waals surface area contributed by atoms with Gasteiger partial charge < -0.3 is 24.5 Å². The molecule has 3 aromatic heterocycles. The van der Waals surface area contributed by atoms with E-state index in [9.17, 15) is 4.79 Å². The number of carbonyl (C=O) groups is 1. The molecule has 8 heteroatoms. The Hall–Kier alpha value is -3.39. The first-order valence-electron chi connectivity index (χ1n) is 14.6. The van der Waals surface area contributed by atoms with Crippen LogP contribution in [0.5, 0.6) is 5.75 Å². The molecule has 1 amide bonds. The first-order chi connectivity index (χ1) is 19.0. The Labute approximate surface area is 228 Å². The number of pyridine rings is 1. The molecular formula is C31H36N6O2.